The first-order valence-corrected chi connectivity index (χ1v) is 7.80. The van der Waals surface area contributed by atoms with Crippen molar-refractivity contribution in [3.8, 4) is 5.75 Å². The van der Waals surface area contributed by atoms with Gasteiger partial charge < -0.3 is 19.1 Å². The van der Waals surface area contributed by atoms with E-state index in [2.05, 4.69) is 23.0 Å². The quantitative estimate of drug-likeness (QED) is 0.870. The number of anilines is 1. The number of benzene rings is 1. The first-order chi connectivity index (χ1) is 11.2. The van der Waals surface area contributed by atoms with Crippen LogP contribution < -0.4 is 9.64 Å². The molecule has 0 saturated carbocycles. The second-order valence-electron chi connectivity index (χ2n) is 5.68. The average molecular weight is 315 g/mol. The molecule has 3 rings (SSSR count). The third-order valence-corrected chi connectivity index (χ3v) is 4.30. The van der Waals surface area contributed by atoms with Crippen molar-refractivity contribution in [1.29, 1.82) is 0 Å². The summed E-state index contributed by atoms with van der Waals surface area (Å²) in [6.07, 6.45) is 2.32. The highest BCUT2D eigenvalue weighted by Crippen LogP contribution is 2.29. The smallest absolute Gasteiger partial charge is 0.276 e. The highest BCUT2D eigenvalue weighted by atomic mass is 16.5. The van der Waals surface area contributed by atoms with Gasteiger partial charge in [0.05, 0.1) is 12.8 Å². The highest BCUT2D eigenvalue weighted by molar-refractivity contribution is 5.92. The van der Waals surface area contributed by atoms with Crippen molar-refractivity contribution in [1.82, 2.24) is 10.1 Å². The maximum Gasteiger partial charge on any atom is 0.276 e. The van der Waals surface area contributed by atoms with E-state index in [0.29, 0.717) is 12.2 Å². The van der Waals surface area contributed by atoms with Gasteiger partial charge in [-0.2, -0.15) is 0 Å². The van der Waals surface area contributed by atoms with Gasteiger partial charge in [-0.15, -0.1) is 0 Å². The summed E-state index contributed by atoms with van der Waals surface area (Å²) in [6, 6.07) is 9.74. The Hall–Kier alpha value is -2.50. The van der Waals surface area contributed by atoms with Crippen molar-refractivity contribution in [3.63, 3.8) is 0 Å². The second-order valence-corrected chi connectivity index (χ2v) is 5.68. The maximum atomic E-state index is 12.6. The van der Waals surface area contributed by atoms with Crippen molar-refractivity contribution in [2.24, 2.45) is 0 Å². The minimum Gasteiger partial charge on any atom is -0.495 e. The lowest BCUT2D eigenvalue weighted by molar-refractivity contribution is 0.0694. The number of carbonyl (C=O) groups excluding carboxylic acids is 1. The Balaban J connectivity index is 1.77. The summed E-state index contributed by atoms with van der Waals surface area (Å²) in [7, 11) is 1.68. The molecule has 1 saturated heterocycles. The van der Waals surface area contributed by atoms with Crippen LogP contribution >= 0.6 is 0 Å². The lowest BCUT2D eigenvalue weighted by Crippen LogP contribution is -2.40. The van der Waals surface area contributed by atoms with Gasteiger partial charge in [-0.25, -0.2) is 0 Å². The molecule has 1 fully saturated rings. The van der Waals surface area contributed by atoms with E-state index < -0.39 is 0 Å². The number of aromatic nitrogens is 1. The summed E-state index contributed by atoms with van der Waals surface area (Å²) < 4.78 is 10.2. The first kappa shape index (κ1) is 15.4. The molecule has 0 radical (unpaired) electrons. The van der Waals surface area contributed by atoms with Gasteiger partial charge in [0.15, 0.2) is 5.69 Å². The topological polar surface area (TPSA) is 58.8 Å². The molecule has 1 aromatic heterocycles. The number of methoxy groups -OCH3 is 1. The first-order valence-electron chi connectivity index (χ1n) is 7.80. The molecule has 6 heteroatoms. The number of carbonyl (C=O) groups is 1. The number of amides is 1. The molecular formula is C17H21N3O3. The third kappa shape index (κ3) is 3.16. The number of hydrogen-bond donors (Lipinski definition) is 0. The molecule has 1 aliphatic heterocycles. The summed E-state index contributed by atoms with van der Waals surface area (Å²) in [5.74, 6) is 0.782. The Kier molecular flexibility index (Phi) is 4.50. The van der Waals surface area contributed by atoms with Gasteiger partial charge in [0.1, 0.15) is 12.0 Å². The second kappa shape index (κ2) is 6.73. The summed E-state index contributed by atoms with van der Waals surface area (Å²) in [5, 5.41) is 3.76. The lowest BCUT2D eigenvalue weighted by atomic mass is 10.2. The van der Waals surface area contributed by atoms with Crippen LogP contribution in [0.1, 0.15) is 23.8 Å². The molecule has 0 bridgehead atoms. The van der Waals surface area contributed by atoms with E-state index in [9.17, 15) is 4.79 Å². The molecular weight excluding hydrogens is 294 g/mol. The summed E-state index contributed by atoms with van der Waals surface area (Å²) in [6.45, 7) is 4.35. The summed E-state index contributed by atoms with van der Waals surface area (Å²) in [4.78, 5) is 16.7. The summed E-state index contributed by atoms with van der Waals surface area (Å²) in [5.41, 5.74) is 1.43. The zero-order valence-corrected chi connectivity index (χ0v) is 13.4. The van der Waals surface area contributed by atoms with Crippen LogP contribution in [0.3, 0.4) is 0 Å². The summed E-state index contributed by atoms with van der Waals surface area (Å²) >= 11 is 0. The highest BCUT2D eigenvalue weighted by Gasteiger charge is 2.27. The van der Waals surface area contributed by atoms with Gasteiger partial charge in [0.25, 0.3) is 5.91 Å². The van der Waals surface area contributed by atoms with Crippen LogP contribution in [0.5, 0.6) is 5.75 Å². The fraction of sp³-hybridized carbons (Fsp3) is 0.412. The molecule has 2 heterocycles. The van der Waals surface area contributed by atoms with E-state index in [-0.39, 0.29) is 11.9 Å². The van der Waals surface area contributed by atoms with Crippen molar-refractivity contribution in [2.45, 2.75) is 19.4 Å². The fourth-order valence-electron chi connectivity index (χ4n) is 2.96. The van der Waals surface area contributed by atoms with Crippen LogP contribution in [0, 0.1) is 0 Å². The van der Waals surface area contributed by atoms with E-state index in [1.54, 1.807) is 13.2 Å². The van der Waals surface area contributed by atoms with Crippen molar-refractivity contribution >= 4 is 11.6 Å². The van der Waals surface area contributed by atoms with Crippen LogP contribution in [0.2, 0.25) is 0 Å². The van der Waals surface area contributed by atoms with Gasteiger partial charge in [0, 0.05) is 31.7 Å². The molecule has 0 aliphatic carbocycles. The van der Waals surface area contributed by atoms with E-state index in [1.807, 2.05) is 23.1 Å². The molecule has 1 aliphatic rings. The minimum absolute atomic E-state index is 0.0758. The fourth-order valence-corrected chi connectivity index (χ4v) is 2.96. The van der Waals surface area contributed by atoms with E-state index in [1.165, 1.54) is 6.26 Å². The number of para-hydroxylation sites is 2. The standard InChI is InChI=1S/C17H21N3O3/c1-13-7-9-19(15-5-3-4-6-16(15)22-2)10-11-20(13)17(21)14-8-12-23-18-14/h3-6,8,12-13H,7,9-11H2,1-2H3. The maximum absolute atomic E-state index is 12.6. The molecule has 1 atom stereocenters. The lowest BCUT2D eigenvalue weighted by Gasteiger charge is -2.26. The average Bonchev–Trinajstić information content (AvgIpc) is 3.05. The molecule has 1 unspecified atom stereocenters. The van der Waals surface area contributed by atoms with Gasteiger partial charge in [-0.05, 0) is 25.5 Å². The minimum atomic E-state index is -0.0758. The Morgan fingerprint density at radius 2 is 2.09 bits per heavy atom. The monoisotopic (exact) mass is 315 g/mol. The van der Waals surface area contributed by atoms with Gasteiger partial charge in [-0.1, -0.05) is 17.3 Å². The van der Waals surface area contributed by atoms with Crippen LogP contribution in [-0.2, 0) is 0 Å². The zero-order chi connectivity index (χ0) is 16.2. The molecule has 23 heavy (non-hydrogen) atoms. The van der Waals surface area contributed by atoms with Crippen LogP contribution in [0.25, 0.3) is 0 Å². The number of nitrogens with zero attached hydrogens (tertiary/aromatic N) is 3. The zero-order valence-electron chi connectivity index (χ0n) is 13.4. The van der Waals surface area contributed by atoms with Crippen LogP contribution in [0.15, 0.2) is 41.1 Å². The normalized spacial score (nSPS) is 18.6. The predicted molar refractivity (Wildman–Crippen MR) is 86.8 cm³/mol. The van der Waals surface area contributed by atoms with E-state index in [0.717, 1.165) is 30.9 Å². The Bertz CT molecular complexity index is 657. The van der Waals surface area contributed by atoms with Crippen LogP contribution in [-0.4, -0.2) is 48.7 Å². The molecule has 0 spiro atoms. The number of ether oxygens (including phenoxy) is 1. The number of rotatable bonds is 3. The third-order valence-electron chi connectivity index (χ3n) is 4.30. The van der Waals surface area contributed by atoms with Crippen molar-refractivity contribution < 1.29 is 14.1 Å². The van der Waals surface area contributed by atoms with E-state index >= 15 is 0 Å². The van der Waals surface area contributed by atoms with Gasteiger partial charge >= 0.3 is 0 Å². The van der Waals surface area contributed by atoms with Crippen molar-refractivity contribution in [3.05, 3.63) is 42.3 Å². The Morgan fingerprint density at radius 1 is 1.26 bits per heavy atom. The molecule has 0 N–H and O–H groups in total. The molecule has 122 valence electrons. The molecule has 1 aromatic carbocycles. The Morgan fingerprint density at radius 3 is 2.83 bits per heavy atom. The van der Waals surface area contributed by atoms with E-state index in [4.69, 9.17) is 9.26 Å². The molecule has 2 aromatic rings. The Labute approximate surface area is 135 Å². The van der Waals surface area contributed by atoms with Gasteiger partial charge in [0.2, 0.25) is 0 Å². The SMILES string of the molecule is COc1ccccc1N1CCC(C)N(C(=O)c2ccon2)CC1. The van der Waals surface area contributed by atoms with Gasteiger partial charge in [-0.3, -0.25) is 4.79 Å². The van der Waals surface area contributed by atoms with Crippen molar-refractivity contribution in [2.75, 3.05) is 31.6 Å². The largest absolute Gasteiger partial charge is 0.495 e. The predicted octanol–water partition coefficient (Wildman–Crippen LogP) is 2.42. The molecule has 1 amide bonds. The number of hydrogen-bond acceptors (Lipinski definition) is 5. The molecule has 6 nitrogen and oxygen atoms in total. The van der Waals surface area contributed by atoms with Crippen LogP contribution in [0.4, 0.5) is 5.69 Å².